The maximum Gasteiger partial charge on any atom is 0.393 e. The van der Waals surface area contributed by atoms with Crippen LogP contribution in [0.5, 0.6) is 5.75 Å². The fourth-order valence-electron chi connectivity index (χ4n) is 4.94. The average molecular weight is 528 g/mol. The zero-order valence-electron chi connectivity index (χ0n) is 19.5. The molecular weight excluding hydrogens is 499 g/mol. The van der Waals surface area contributed by atoms with Gasteiger partial charge in [0.2, 0.25) is 0 Å². The number of thiophene rings is 1. The summed E-state index contributed by atoms with van der Waals surface area (Å²) in [6.07, 6.45) is 0.0773. The Labute approximate surface area is 211 Å². The molecule has 4 nitrogen and oxygen atoms in total. The van der Waals surface area contributed by atoms with E-state index in [4.69, 9.17) is 21.4 Å². The minimum absolute atomic E-state index is 0.0506. The minimum Gasteiger partial charge on any atom is -0.494 e. The predicted molar refractivity (Wildman–Crippen MR) is 133 cm³/mol. The first-order chi connectivity index (χ1) is 16.7. The van der Waals surface area contributed by atoms with Gasteiger partial charge in [0, 0.05) is 45.2 Å². The summed E-state index contributed by atoms with van der Waals surface area (Å²) >= 11 is 7.59. The number of nitrogens with zero attached hydrogens (tertiary/aromatic N) is 1. The van der Waals surface area contributed by atoms with Gasteiger partial charge in [-0.2, -0.15) is 13.2 Å². The third kappa shape index (κ3) is 6.15. The molecule has 3 aromatic rings. The fraction of sp³-hybridized carbons (Fsp3) is 0.500. The number of alkyl halides is 4. The van der Waals surface area contributed by atoms with Crippen LogP contribution in [0, 0.1) is 5.92 Å². The second-order valence-corrected chi connectivity index (χ2v) is 10.8. The number of aryl methyl sites for hydroxylation is 3. The maximum absolute atomic E-state index is 13.4. The van der Waals surface area contributed by atoms with Crippen LogP contribution in [-0.4, -0.2) is 33.8 Å². The van der Waals surface area contributed by atoms with E-state index in [1.807, 2.05) is 43.5 Å². The van der Waals surface area contributed by atoms with Gasteiger partial charge in [-0.25, -0.2) is 0 Å². The lowest BCUT2D eigenvalue weighted by Crippen LogP contribution is -2.35. The van der Waals surface area contributed by atoms with Crippen LogP contribution in [0.3, 0.4) is 0 Å². The lowest BCUT2D eigenvalue weighted by Gasteiger charge is -2.33. The molecule has 0 aliphatic heterocycles. The molecule has 9 heteroatoms. The van der Waals surface area contributed by atoms with Gasteiger partial charge in [-0.15, -0.1) is 22.9 Å². The summed E-state index contributed by atoms with van der Waals surface area (Å²) in [7, 11) is 0. The van der Waals surface area contributed by atoms with E-state index in [2.05, 4.69) is 4.57 Å². The lowest BCUT2D eigenvalue weighted by molar-refractivity contribution is -0.181. The molecular formula is C26H29ClF3NO3S. The molecule has 0 saturated heterocycles. The summed E-state index contributed by atoms with van der Waals surface area (Å²) in [5.74, 6) is -1.65. The summed E-state index contributed by atoms with van der Waals surface area (Å²) in [6.45, 7) is 3.16. The van der Waals surface area contributed by atoms with Gasteiger partial charge in [0.25, 0.3) is 0 Å². The number of rotatable bonds is 9. The third-order valence-electron chi connectivity index (χ3n) is 6.72. The number of carboxylic acids is 1. The van der Waals surface area contributed by atoms with E-state index in [1.165, 1.54) is 0 Å². The fourth-order valence-corrected chi connectivity index (χ4v) is 6.46. The van der Waals surface area contributed by atoms with E-state index in [0.29, 0.717) is 32.4 Å². The van der Waals surface area contributed by atoms with Gasteiger partial charge < -0.3 is 14.4 Å². The van der Waals surface area contributed by atoms with Crippen molar-refractivity contribution >= 4 is 39.8 Å². The molecule has 0 amide bonds. The first-order valence-corrected chi connectivity index (χ1v) is 13.2. The van der Waals surface area contributed by atoms with Gasteiger partial charge in [-0.05, 0) is 80.8 Å². The molecule has 1 saturated carbocycles. The number of aliphatic carboxylic acids is 1. The zero-order chi connectivity index (χ0) is 25.2. The molecule has 0 spiro atoms. The second-order valence-electron chi connectivity index (χ2n) is 9.08. The highest BCUT2D eigenvalue weighted by Crippen LogP contribution is 2.47. The summed E-state index contributed by atoms with van der Waals surface area (Å²) < 4.78 is 47.9. The number of hydrogen-bond acceptors (Lipinski definition) is 3. The largest absolute Gasteiger partial charge is 0.494 e. The number of ether oxygens (including phenoxy) is 1. The normalized spacial score (nSPS) is 20.9. The van der Waals surface area contributed by atoms with Crippen molar-refractivity contribution in [1.82, 2.24) is 4.57 Å². The number of fused-ring (bicyclic) bond motifs is 1. The highest BCUT2D eigenvalue weighted by molar-refractivity contribution is 7.12. The van der Waals surface area contributed by atoms with E-state index in [-0.39, 0.29) is 18.8 Å². The van der Waals surface area contributed by atoms with E-state index in [0.717, 1.165) is 38.4 Å². The van der Waals surface area contributed by atoms with Gasteiger partial charge in [0.15, 0.2) is 0 Å². The Morgan fingerprint density at radius 3 is 2.74 bits per heavy atom. The second kappa shape index (κ2) is 10.8. The zero-order valence-corrected chi connectivity index (χ0v) is 21.1. The van der Waals surface area contributed by atoms with Crippen LogP contribution < -0.4 is 4.74 Å². The van der Waals surface area contributed by atoms with Gasteiger partial charge in [-0.1, -0.05) is 0 Å². The molecule has 0 radical (unpaired) electrons. The predicted octanol–water partition coefficient (Wildman–Crippen LogP) is 7.41. The Morgan fingerprint density at radius 1 is 1.23 bits per heavy atom. The molecule has 1 N–H and O–H groups in total. The number of carbonyl (C=O) groups is 1. The Hall–Kier alpha value is -2.19. The lowest BCUT2D eigenvalue weighted by atomic mass is 9.80. The molecule has 1 aromatic carbocycles. The van der Waals surface area contributed by atoms with Gasteiger partial charge in [0.1, 0.15) is 5.75 Å². The Balaban J connectivity index is 1.48. The number of benzene rings is 1. The molecule has 35 heavy (non-hydrogen) atoms. The summed E-state index contributed by atoms with van der Waals surface area (Å²) in [4.78, 5) is 13.2. The Kier molecular flexibility index (Phi) is 8.01. The Bertz CT molecular complexity index is 1170. The topological polar surface area (TPSA) is 51.5 Å². The SMILES string of the molecule is CCOc1ccc2c(c1)c(CCC(=O)O)cn2CCc1ccc(C2CCC(Cl)C(C(F)(F)F)C2)s1. The molecule has 190 valence electrons. The van der Waals surface area contributed by atoms with Crippen LogP contribution in [0.2, 0.25) is 0 Å². The number of hydrogen-bond donors (Lipinski definition) is 1. The first kappa shape index (κ1) is 25.9. The summed E-state index contributed by atoms with van der Waals surface area (Å²) in [6, 6.07) is 9.84. The number of carboxylic acid groups (broad SMARTS) is 1. The summed E-state index contributed by atoms with van der Waals surface area (Å²) in [5, 5.41) is 9.27. The highest BCUT2D eigenvalue weighted by Gasteiger charge is 2.47. The van der Waals surface area contributed by atoms with Crippen LogP contribution >= 0.6 is 22.9 Å². The maximum atomic E-state index is 13.4. The number of aromatic nitrogens is 1. The summed E-state index contributed by atoms with van der Waals surface area (Å²) in [5.41, 5.74) is 1.98. The van der Waals surface area contributed by atoms with Crippen molar-refractivity contribution in [1.29, 1.82) is 0 Å². The Morgan fingerprint density at radius 2 is 2.03 bits per heavy atom. The van der Waals surface area contributed by atoms with E-state index < -0.39 is 23.4 Å². The van der Waals surface area contributed by atoms with Crippen LogP contribution in [0.25, 0.3) is 10.9 Å². The van der Waals surface area contributed by atoms with Crippen molar-refractivity contribution < 1.29 is 27.8 Å². The van der Waals surface area contributed by atoms with Gasteiger partial charge in [-0.3, -0.25) is 4.79 Å². The smallest absolute Gasteiger partial charge is 0.393 e. The molecule has 1 aliphatic carbocycles. The van der Waals surface area contributed by atoms with Gasteiger partial charge in [0.05, 0.1) is 12.5 Å². The molecule has 3 atom stereocenters. The van der Waals surface area contributed by atoms with Gasteiger partial charge >= 0.3 is 12.1 Å². The highest BCUT2D eigenvalue weighted by atomic mass is 35.5. The van der Waals surface area contributed by atoms with Crippen LogP contribution in [-0.2, 0) is 24.2 Å². The van der Waals surface area contributed by atoms with Crippen molar-refractivity contribution in [2.45, 2.75) is 69.5 Å². The first-order valence-electron chi connectivity index (χ1n) is 11.9. The number of halogens is 4. The molecule has 0 bridgehead atoms. The average Bonchev–Trinajstić information content (AvgIpc) is 3.40. The molecule has 1 fully saturated rings. The minimum atomic E-state index is -4.26. The quantitative estimate of drug-likeness (QED) is 0.295. The molecule has 2 aromatic heterocycles. The molecule has 4 rings (SSSR count). The third-order valence-corrected chi connectivity index (χ3v) is 8.55. The van der Waals surface area contributed by atoms with Crippen molar-refractivity contribution in [3.05, 3.63) is 51.8 Å². The van der Waals surface area contributed by atoms with E-state index in [1.54, 1.807) is 11.3 Å². The van der Waals surface area contributed by atoms with Crippen LogP contribution in [0.15, 0.2) is 36.5 Å². The standard InChI is InChI=1S/C26H29ClF3NO3S/c1-2-34-18-5-8-23-20(14-18)17(4-10-25(32)33)15-31(23)12-11-19-6-9-24(35-19)16-3-7-22(27)21(13-16)26(28,29)30/h5-6,8-9,14-16,21-22H,2-4,7,10-13H2,1H3,(H,32,33). The molecule has 3 unspecified atom stereocenters. The van der Waals surface area contributed by atoms with Crippen molar-refractivity contribution in [3.8, 4) is 5.75 Å². The van der Waals surface area contributed by atoms with Crippen LogP contribution in [0.1, 0.15) is 53.8 Å². The van der Waals surface area contributed by atoms with Crippen molar-refractivity contribution in [2.24, 2.45) is 5.92 Å². The van der Waals surface area contributed by atoms with Crippen molar-refractivity contribution in [3.63, 3.8) is 0 Å². The molecule has 2 heterocycles. The van der Waals surface area contributed by atoms with Crippen LogP contribution in [0.4, 0.5) is 13.2 Å². The van der Waals surface area contributed by atoms with Crippen molar-refractivity contribution in [2.75, 3.05) is 6.61 Å². The van der Waals surface area contributed by atoms with E-state index >= 15 is 0 Å². The monoisotopic (exact) mass is 527 g/mol. The molecule has 1 aliphatic rings. The van der Waals surface area contributed by atoms with E-state index in [9.17, 15) is 18.0 Å².